The number of anilines is 1. The van der Waals surface area contributed by atoms with Crippen molar-refractivity contribution in [3.05, 3.63) is 58.9 Å². The van der Waals surface area contributed by atoms with Crippen molar-refractivity contribution in [3.8, 4) is 5.75 Å². The predicted molar refractivity (Wildman–Crippen MR) is 74.7 cm³/mol. The van der Waals surface area contributed by atoms with E-state index in [1.165, 1.54) is 6.07 Å². The summed E-state index contributed by atoms with van der Waals surface area (Å²) in [6, 6.07) is 9.89. The van der Waals surface area contributed by atoms with Gasteiger partial charge in [-0.05, 0) is 48.4 Å². The molecule has 0 saturated carbocycles. The minimum Gasteiger partial charge on any atom is -0.493 e. The van der Waals surface area contributed by atoms with Gasteiger partial charge in [-0.2, -0.15) is 0 Å². The van der Waals surface area contributed by atoms with Gasteiger partial charge in [-0.3, -0.25) is 4.79 Å². The van der Waals surface area contributed by atoms with Crippen molar-refractivity contribution in [1.82, 2.24) is 0 Å². The van der Waals surface area contributed by atoms with E-state index in [-0.39, 0.29) is 11.6 Å². The van der Waals surface area contributed by atoms with E-state index in [9.17, 15) is 9.18 Å². The van der Waals surface area contributed by atoms with E-state index >= 15 is 0 Å². The summed E-state index contributed by atoms with van der Waals surface area (Å²) in [5.41, 5.74) is 2.62. The lowest BCUT2D eigenvalue weighted by molar-refractivity contribution is 0.102. The van der Waals surface area contributed by atoms with Crippen LogP contribution in [0.15, 0.2) is 36.4 Å². The van der Waals surface area contributed by atoms with Gasteiger partial charge in [0.25, 0.3) is 5.91 Å². The van der Waals surface area contributed by atoms with Crippen LogP contribution in [0, 0.1) is 12.7 Å². The molecule has 20 heavy (non-hydrogen) atoms. The van der Waals surface area contributed by atoms with Gasteiger partial charge in [-0.25, -0.2) is 4.39 Å². The lowest BCUT2D eigenvalue weighted by Gasteiger charge is -2.08. The molecule has 0 atom stereocenters. The molecule has 3 rings (SSSR count). The lowest BCUT2D eigenvalue weighted by atomic mass is 10.1. The van der Waals surface area contributed by atoms with Crippen molar-refractivity contribution in [2.45, 2.75) is 13.3 Å². The second kappa shape index (κ2) is 4.96. The first-order valence-electron chi connectivity index (χ1n) is 6.47. The molecule has 3 nitrogen and oxygen atoms in total. The van der Waals surface area contributed by atoms with Crippen LogP contribution in [0.4, 0.5) is 10.1 Å². The number of hydrogen-bond donors (Lipinski definition) is 1. The maximum atomic E-state index is 13.6. The molecule has 102 valence electrons. The molecule has 4 heteroatoms. The molecule has 0 spiro atoms. The van der Waals surface area contributed by atoms with Crippen molar-refractivity contribution < 1.29 is 13.9 Å². The van der Waals surface area contributed by atoms with Crippen LogP contribution in [-0.4, -0.2) is 12.5 Å². The maximum Gasteiger partial charge on any atom is 0.255 e. The molecule has 0 bridgehead atoms. The Labute approximate surface area is 116 Å². The van der Waals surface area contributed by atoms with Gasteiger partial charge in [0.15, 0.2) is 0 Å². The molecule has 0 fully saturated rings. The SMILES string of the molecule is Cc1ccc(F)c(NC(=O)c2ccc3c(c2)CCO3)c1. The highest BCUT2D eigenvalue weighted by atomic mass is 19.1. The first-order valence-corrected chi connectivity index (χ1v) is 6.47. The Hall–Kier alpha value is -2.36. The van der Waals surface area contributed by atoms with Crippen LogP contribution in [-0.2, 0) is 6.42 Å². The third-order valence-corrected chi connectivity index (χ3v) is 3.32. The summed E-state index contributed by atoms with van der Waals surface area (Å²) in [6.45, 7) is 2.49. The summed E-state index contributed by atoms with van der Waals surface area (Å²) in [6.07, 6.45) is 0.801. The van der Waals surface area contributed by atoms with Gasteiger partial charge in [0, 0.05) is 12.0 Å². The predicted octanol–water partition coefficient (Wildman–Crippen LogP) is 3.32. The third-order valence-electron chi connectivity index (χ3n) is 3.32. The fourth-order valence-electron chi connectivity index (χ4n) is 2.26. The van der Waals surface area contributed by atoms with Crippen molar-refractivity contribution in [2.75, 3.05) is 11.9 Å². The average Bonchev–Trinajstić information content (AvgIpc) is 2.90. The number of ether oxygens (including phenoxy) is 1. The Morgan fingerprint density at radius 1 is 1.25 bits per heavy atom. The van der Waals surface area contributed by atoms with E-state index in [0.717, 1.165) is 23.3 Å². The third kappa shape index (κ3) is 2.37. The molecule has 2 aromatic carbocycles. The number of halogens is 1. The minimum absolute atomic E-state index is 0.201. The maximum absolute atomic E-state index is 13.6. The van der Waals surface area contributed by atoms with E-state index < -0.39 is 5.82 Å². The molecule has 0 aliphatic carbocycles. The Morgan fingerprint density at radius 3 is 2.95 bits per heavy atom. The molecule has 0 radical (unpaired) electrons. The van der Waals surface area contributed by atoms with Crippen LogP contribution < -0.4 is 10.1 Å². The number of amides is 1. The van der Waals surface area contributed by atoms with Crippen LogP contribution in [0.5, 0.6) is 5.75 Å². The fourth-order valence-corrected chi connectivity index (χ4v) is 2.26. The van der Waals surface area contributed by atoms with Gasteiger partial charge in [0.1, 0.15) is 11.6 Å². The Balaban J connectivity index is 1.84. The smallest absolute Gasteiger partial charge is 0.255 e. The van der Waals surface area contributed by atoms with E-state index in [0.29, 0.717) is 12.2 Å². The highest BCUT2D eigenvalue weighted by molar-refractivity contribution is 6.04. The van der Waals surface area contributed by atoms with Crippen LogP contribution >= 0.6 is 0 Å². The molecular weight excluding hydrogens is 257 g/mol. The number of carbonyl (C=O) groups is 1. The number of carbonyl (C=O) groups excluding carboxylic acids is 1. The van der Waals surface area contributed by atoms with E-state index in [4.69, 9.17) is 4.74 Å². The zero-order valence-electron chi connectivity index (χ0n) is 11.1. The quantitative estimate of drug-likeness (QED) is 0.910. The zero-order valence-corrected chi connectivity index (χ0v) is 11.1. The topological polar surface area (TPSA) is 38.3 Å². The fraction of sp³-hybridized carbons (Fsp3) is 0.188. The Bertz CT molecular complexity index is 682. The van der Waals surface area contributed by atoms with Gasteiger partial charge >= 0.3 is 0 Å². The van der Waals surface area contributed by atoms with Crippen molar-refractivity contribution in [3.63, 3.8) is 0 Å². The van der Waals surface area contributed by atoms with Gasteiger partial charge < -0.3 is 10.1 Å². The number of nitrogens with one attached hydrogen (secondary N) is 1. The summed E-state index contributed by atoms with van der Waals surface area (Å²) in [4.78, 5) is 12.2. The van der Waals surface area contributed by atoms with Gasteiger partial charge in [0.05, 0.1) is 12.3 Å². The number of hydrogen-bond acceptors (Lipinski definition) is 2. The molecule has 1 heterocycles. The molecule has 1 aliphatic rings. The standard InChI is InChI=1S/C16H14FNO2/c1-10-2-4-13(17)14(8-10)18-16(19)12-3-5-15-11(9-12)6-7-20-15/h2-5,8-9H,6-7H2,1H3,(H,18,19). The van der Waals surface area contributed by atoms with Gasteiger partial charge in [0.2, 0.25) is 0 Å². The molecule has 0 saturated heterocycles. The molecule has 0 aromatic heterocycles. The highest BCUT2D eigenvalue weighted by Gasteiger charge is 2.15. The normalized spacial score (nSPS) is 12.7. The van der Waals surface area contributed by atoms with E-state index in [1.54, 1.807) is 30.3 Å². The van der Waals surface area contributed by atoms with Crippen LogP contribution in [0.1, 0.15) is 21.5 Å². The summed E-state index contributed by atoms with van der Waals surface area (Å²) in [7, 11) is 0. The number of rotatable bonds is 2. The molecule has 2 aromatic rings. The van der Waals surface area contributed by atoms with Crippen LogP contribution in [0.25, 0.3) is 0 Å². The molecule has 0 unspecified atom stereocenters. The van der Waals surface area contributed by atoms with Crippen molar-refractivity contribution in [1.29, 1.82) is 0 Å². The highest BCUT2D eigenvalue weighted by Crippen LogP contribution is 2.26. The Morgan fingerprint density at radius 2 is 2.10 bits per heavy atom. The number of fused-ring (bicyclic) bond motifs is 1. The summed E-state index contributed by atoms with van der Waals surface area (Å²) in [5.74, 6) is 0.0703. The van der Waals surface area contributed by atoms with Crippen LogP contribution in [0.2, 0.25) is 0 Å². The van der Waals surface area contributed by atoms with Gasteiger partial charge in [-0.15, -0.1) is 0 Å². The van der Waals surface area contributed by atoms with Crippen molar-refractivity contribution >= 4 is 11.6 Å². The summed E-state index contributed by atoms with van der Waals surface area (Å²) >= 11 is 0. The minimum atomic E-state index is -0.437. The number of benzene rings is 2. The molecule has 1 N–H and O–H groups in total. The van der Waals surface area contributed by atoms with E-state index in [1.807, 2.05) is 6.92 Å². The van der Waals surface area contributed by atoms with Gasteiger partial charge in [-0.1, -0.05) is 6.07 Å². The zero-order chi connectivity index (χ0) is 14.1. The summed E-state index contributed by atoms with van der Waals surface area (Å²) in [5, 5.41) is 2.60. The second-order valence-corrected chi connectivity index (χ2v) is 4.86. The van der Waals surface area contributed by atoms with E-state index in [2.05, 4.69) is 5.32 Å². The Kier molecular flexibility index (Phi) is 3.14. The lowest BCUT2D eigenvalue weighted by Crippen LogP contribution is -2.13. The monoisotopic (exact) mass is 271 g/mol. The summed E-state index contributed by atoms with van der Waals surface area (Å²) < 4.78 is 19.0. The first kappa shape index (κ1) is 12.7. The second-order valence-electron chi connectivity index (χ2n) is 4.86. The average molecular weight is 271 g/mol. The number of aryl methyl sites for hydroxylation is 1. The molecule has 1 aliphatic heterocycles. The van der Waals surface area contributed by atoms with Crippen molar-refractivity contribution in [2.24, 2.45) is 0 Å². The van der Waals surface area contributed by atoms with Crippen LogP contribution in [0.3, 0.4) is 0 Å². The molecule has 1 amide bonds. The first-order chi connectivity index (χ1) is 9.63. The largest absolute Gasteiger partial charge is 0.493 e. The molecular formula is C16H14FNO2.